The molecule has 0 spiro atoms. The zero-order valence-electron chi connectivity index (χ0n) is 6.41. The highest BCUT2D eigenvalue weighted by Gasteiger charge is 2.08. The van der Waals surface area contributed by atoms with Gasteiger partial charge in [0.15, 0.2) is 6.29 Å². The van der Waals surface area contributed by atoms with E-state index < -0.39 is 0 Å². The van der Waals surface area contributed by atoms with Crippen LogP contribution in [0, 0.1) is 0 Å². The second-order valence-corrected chi connectivity index (χ2v) is 2.87. The Morgan fingerprint density at radius 1 is 1.73 bits per heavy atom. The maximum atomic E-state index is 10.4. The van der Waals surface area contributed by atoms with Gasteiger partial charge in [-0.15, -0.1) is 0 Å². The second-order valence-electron chi connectivity index (χ2n) is 2.53. The third-order valence-electron chi connectivity index (χ3n) is 1.42. The van der Waals surface area contributed by atoms with Crippen molar-refractivity contribution < 1.29 is 4.79 Å². The molecule has 1 rings (SSSR count). The Bertz CT molecular complexity index is 267. The molecule has 1 aromatic rings. The lowest BCUT2D eigenvalue weighted by Gasteiger charge is -2.08. The van der Waals surface area contributed by atoms with Gasteiger partial charge in [-0.25, -0.2) is 4.98 Å². The Morgan fingerprint density at radius 2 is 2.36 bits per heavy atom. The summed E-state index contributed by atoms with van der Waals surface area (Å²) in [4.78, 5) is 14.2. The number of aromatic nitrogens is 2. The number of rotatable bonds is 2. The Kier molecular flexibility index (Phi) is 2.29. The molecule has 1 heterocycles. The number of halogens is 1. The van der Waals surface area contributed by atoms with Crippen molar-refractivity contribution in [3.8, 4) is 0 Å². The summed E-state index contributed by atoms with van der Waals surface area (Å²) in [6.45, 7) is 3.89. The van der Waals surface area contributed by atoms with E-state index in [2.05, 4.69) is 4.98 Å². The lowest BCUT2D eigenvalue weighted by molar-refractivity contribution is 0.111. The Hall–Kier alpha value is -0.830. The van der Waals surface area contributed by atoms with Crippen LogP contribution in [0.1, 0.15) is 30.4 Å². The number of nitrogens with zero attached hydrogens (tertiary/aromatic N) is 2. The van der Waals surface area contributed by atoms with Crippen LogP contribution in [-0.2, 0) is 0 Å². The molecule has 0 unspecified atom stereocenters. The minimum Gasteiger partial charge on any atom is -0.310 e. The summed E-state index contributed by atoms with van der Waals surface area (Å²) in [6, 6.07) is 0.171. The number of imidazole rings is 1. The minimum atomic E-state index is 0.171. The monoisotopic (exact) mass is 172 g/mol. The summed E-state index contributed by atoms with van der Waals surface area (Å²) >= 11 is 5.71. The quantitative estimate of drug-likeness (QED) is 0.639. The average molecular weight is 173 g/mol. The Morgan fingerprint density at radius 3 is 2.73 bits per heavy atom. The lowest BCUT2D eigenvalue weighted by atomic mass is 10.3. The second kappa shape index (κ2) is 3.05. The highest BCUT2D eigenvalue weighted by atomic mass is 35.5. The summed E-state index contributed by atoms with van der Waals surface area (Å²) in [5.41, 5.74) is 0.519. The van der Waals surface area contributed by atoms with Gasteiger partial charge in [0.25, 0.3) is 0 Å². The van der Waals surface area contributed by atoms with Crippen LogP contribution >= 0.6 is 11.6 Å². The lowest BCUT2D eigenvalue weighted by Crippen LogP contribution is -2.04. The zero-order valence-corrected chi connectivity index (χ0v) is 7.17. The van der Waals surface area contributed by atoms with Gasteiger partial charge in [0.2, 0.25) is 5.28 Å². The first-order valence-electron chi connectivity index (χ1n) is 3.34. The van der Waals surface area contributed by atoms with Crippen molar-refractivity contribution in [3.05, 3.63) is 17.2 Å². The molecule has 0 aromatic carbocycles. The zero-order chi connectivity index (χ0) is 8.43. The molecular formula is C7H9ClN2O. The topological polar surface area (TPSA) is 34.9 Å². The maximum Gasteiger partial charge on any atom is 0.203 e. The first kappa shape index (κ1) is 8.27. The predicted octanol–water partition coefficient (Wildman–Crippen LogP) is 1.93. The van der Waals surface area contributed by atoms with E-state index >= 15 is 0 Å². The number of carbonyl (C=O) groups excluding carboxylic acids is 1. The van der Waals surface area contributed by atoms with E-state index in [4.69, 9.17) is 11.6 Å². The van der Waals surface area contributed by atoms with Crippen LogP contribution in [0.25, 0.3) is 0 Å². The molecule has 0 atom stereocenters. The number of hydrogen-bond donors (Lipinski definition) is 0. The fourth-order valence-corrected chi connectivity index (χ4v) is 1.29. The van der Waals surface area contributed by atoms with Gasteiger partial charge in [0, 0.05) is 6.04 Å². The van der Waals surface area contributed by atoms with Gasteiger partial charge in [-0.1, -0.05) is 0 Å². The molecule has 0 amide bonds. The van der Waals surface area contributed by atoms with Crippen LogP contribution in [0.2, 0.25) is 5.28 Å². The largest absolute Gasteiger partial charge is 0.310 e. The van der Waals surface area contributed by atoms with E-state index in [1.807, 2.05) is 13.8 Å². The standard InChI is InChI=1S/C7H9ClN2O/c1-5(2)10-6(4-11)3-9-7(10)8/h3-5H,1-2H3. The molecule has 0 aliphatic carbocycles. The molecule has 0 saturated carbocycles. The van der Waals surface area contributed by atoms with Gasteiger partial charge in [-0.2, -0.15) is 0 Å². The maximum absolute atomic E-state index is 10.4. The Labute approximate surface area is 70.0 Å². The number of carbonyl (C=O) groups is 1. The number of hydrogen-bond acceptors (Lipinski definition) is 2. The van der Waals surface area contributed by atoms with Crippen molar-refractivity contribution in [2.24, 2.45) is 0 Å². The van der Waals surface area contributed by atoms with Crippen LogP contribution in [0.3, 0.4) is 0 Å². The summed E-state index contributed by atoms with van der Waals surface area (Å²) in [6.07, 6.45) is 2.22. The Balaban J connectivity index is 3.17. The fraction of sp³-hybridized carbons (Fsp3) is 0.429. The first-order chi connectivity index (χ1) is 5.16. The summed E-state index contributed by atoms with van der Waals surface area (Å²) in [7, 11) is 0. The highest BCUT2D eigenvalue weighted by molar-refractivity contribution is 6.28. The molecule has 0 fully saturated rings. The van der Waals surface area contributed by atoms with Crippen LogP contribution in [0.15, 0.2) is 6.20 Å². The van der Waals surface area contributed by atoms with Crippen molar-refractivity contribution in [2.45, 2.75) is 19.9 Å². The van der Waals surface area contributed by atoms with E-state index in [-0.39, 0.29) is 6.04 Å². The van der Waals surface area contributed by atoms with Gasteiger partial charge in [0.05, 0.1) is 6.20 Å². The van der Waals surface area contributed by atoms with E-state index in [0.717, 1.165) is 6.29 Å². The van der Waals surface area contributed by atoms with Gasteiger partial charge in [-0.3, -0.25) is 4.79 Å². The van der Waals surface area contributed by atoms with Crippen LogP contribution in [0.4, 0.5) is 0 Å². The van der Waals surface area contributed by atoms with Crippen molar-refractivity contribution in [3.63, 3.8) is 0 Å². The molecule has 11 heavy (non-hydrogen) atoms. The van der Waals surface area contributed by atoms with Crippen molar-refractivity contribution in [2.75, 3.05) is 0 Å². The normalized spacial score (nSPS) is 10.5. The van der Waals surface area contributed by atoms with Crippen molar-refractivity contribution in [1.82, 2.24) is 9.55 Å². The molecule has 0 saturated heterocycles. The minimum absolute atomic E-state index is 0.171. The molecule has 3 nitrogen and oxygen atoms in total. The summed E-state index contributed by atoms with van der Waals surface area (Å²) < 4.78 is 1.68. The van der Waals surface area contributed by atoms with E-state index in [0.29, 0.717) is 11.0 Å². The molecule has 1 aromatic heterocycles. The van der Waals surface area contributed by atoms with Gasteiger partial charge in [0.1, 0.15) is 5.69 Å². The highest BCUT2D eigenvalue weighted by Crippen LogP contribution is 2.15. The molecule has 4 heteroatoms. The van der Waals surface area contributed by atoms with E-state index in [9.17, 15) is 4.79 Å². The third kappa shape index (κ3) is 1.43. The predicted molar refractivity (Wildman–Crippen MR) is 43.0 cm³/mol. The molecule has 0 aliphatic heterocycles. The van der Waals surface area contributed by atoms with Crippen molar-refractivity contribution in [1.29, 1.82) is 0 Å². The molecule has 0 N–H and O–H groups in total. The molecule has 0 aliphatic rings. The van der Waals surface area contributed by atoms with Gasteiger partial charge >= 0.3 is 0 Å². The van der Waals surface area contributed by atoms with Crippen molar-refractivity contribution >= 4 is 17.9 Å². The van der Waals surface area contributed by atoms with Crippen LogP contribution < -0.4 is 0 Å². The van der Waals surface area contributed by atoms with Gasteiger partial charge < -0.3 is 4.57 Å². The average Bonchev–Trinajstić information content (AvgIpc) is 2.30. The summed E-state index contributed by atoms with van der Waals surface area (Å²) in [5, 5.41) is 0.363. The first-order valence-corrected chi connectivity index (χ1v) is 3.72. The van der Waals surface area contributed by atoms with E-state index in [1.165, 1.54) is 6.20 Å². The van der Waals surface area contributed by atoms with Gasteiger partial charge in [-0.05, 0) is 25.4 Å². The SMILES string of the molecule is CC(C)n1c(C=O)cnc1Cl. The fourth-order valence-electron chi connectivity index (χ4n) is 0.949. The molecule has 0 radical (unpaired) electrons. The van der Waals surface area contributed by atoms with Crippen LogP contribution in [0.5, 0.6) is 0 Å². The smallest absolute Gasteiger partial charge is 0.203 e. The number of aldehydes is 1. The van der Waals surface area contributed by atoms with Crippen LogP contribution in [-0.4, -0.2) is 15.8 Å². The third-order valence-corrected chi connectivity index (χ3v) is 1.70. The van der Waals surface area contributed by atoms with E-state index in [1.54, 1.807) is 4.57 Å². The molecule has 60 valence electrons. The molecule has 0 bridgehead atoms. The molecular weight excluding hydrogens is 164 g/mol. The summed E-state index contributed by atoms with van der Waals surface area (Å²) in [5.74, 6) is 0.